The van der Waals surface area contributed by atoms with Gasteiger partial charge in [0.15, 0.2) is 10.9 Å². The number of ketones is 1. The van der Waals surface area contributed by atoms with Crippen LogP contribution in [-0.4, -0.2) is 34.5 Å². The molecule has 0 bridgehead atoms. The van der Waals surface area contributed by atoms with Crippen molar-refractivity contribution in [1.29, 1.82) is 0 Å². The van der Waals surface area contributed by atoms with Crippen molar-refractivity contribution >= 4 is 40.4 Å². The molecule has 2 aromatic rings. The van der Waals surface area contributed by atoms with Crippen molar-refractivity contribution < 1.29 is 9.53 Å². The van der Waals surface area contributed by atoms with E-state index in [1.165, 1.54) is 0 Å². The monoisotopic (exact) mass is 386 g/mol. The van der Waals surface area contributed by atoms with Gasteiger partial charge in [-0.05, 0) is 42.5 Å². The van der Waals surface area contributed by atoms with Gasteiger partial charge in [0.05, 0.1) is 12.0 Å². The number of carbonyl (C=O) groups excluding carboxylic acids is 1. The molecule has 0 amide bonds. The Morgan fingerprint density at radius 2 is 1.88 bits per heavy atom. The van der Waals surface area contributed by atoms with Crippen LogP contribution in [0.15, 0.2) is 48.5 Å². The van der Waals surface area contributed by atoms with E-state index in [1.807, 2.05) is 30.3 Å². The van der Waals surface area contributed by atoms with Gasteiger partial charge in [-0.2, -0.15) is 0 Å². The summed E-state index contributed by atoms with van der Waals surface area (Å²) < 4.78 is 6.26. The number of hydrogen-bond acceptors (Lipinski definition) is 3. The number of ether oxygens (including phenoxy) is 1. The number of nitrogens with zero attached hydrogens (tertiary/aromatic N) is 1. The van der Waals surface area contributed by atoms with Crippen molar-refractivity contribution in [2.45, 2.75) is 24.9 Å². The molecule has 0 aromatic heterocycles. The molecule has 1 spiro atoms. The maximum atomic E-state index is 12.6. The minimum Gasteiger partial charge on any atom is -0.486 e. The number of piperidine rings is 1. The molecular formula is C20H19ClN2O2S. The summed E-state index contributed by atoms with van der Waals surface area (Å²) in [6.07, 6.45) is 1.92. The van der Waals surface area contributed by atoms with Gasteiger partial charge >= 0.3 is 0 Å². The van der Waals surface area contributed by atoms with Crippen molar-refractivity contribution in [3.63, 3.8) is 0 Å². The Morgan fingerprint density at radius 1 is 1.15 bits per heavy atom. The number of Topliss-reactive ketones (excluding diaryl/α,β-unsaturated/α-hetero) is 1. The quantitative estimate of drug-likeness (QED) is 0.729. The Kier molecular flexibility index (Phi) is 4.59. The van der Waals surface area contributed by atoms with Crippen LogP contribution in [0.1, 0.15) is 29.6 Å². The lowest BCUT2D eigenvalue weighted by Crippen LogP contribution is -2.53. The molecule has 6 heteroatoms. The predicted molar refractivity (Wildman–Crippen MR) is 107 cm³/mol. The minimum atomic E-state index is -0.434. The van der Waals surface area contributed by atoms with Gasteiger partial charge < -0.3 is 15.0 Å². The molecule has 134 valence electrons. The highest BCUT2D eigenvalue weighted by molar-refractivity contribution is 7.80. The van der Waals surface area contributed by atoms with Crippen LogP contribution in [0.5, 0.6) is 5.75 Å². The number of nitrogens with one attached hydrogen (secondary N) is 1. The van der Waals surface area contributed by atoms with Gasteiger partial charge in [0.2, 0.25) is 0 Å². The molecule has 1 N–H and O–H groups in total. The van der Waals surface area contributed by atoms with E-state index in [0.29, 0.717) is 27.9 Å². The van der Waals surface area contributed by atoms with E-state index >= 15 is 0 Å². The van der Waals surface area contributed by atoms with Crippen molar-refractivity contribution in [2.24, 2.45) is 0 Å². The number of rotatable bonds is 1. The van der Waals surface area contributed by atoms with E-state index < -0.39 is 5.60 Å². The van der Waals surface area contributed by atoms with Crippen molar-refractivity contribution in [2.75, 3.05) is 18.4 Å². The Balaban J connectivity index is 1.42. The lowest BCUT2D eigenvalue weighted by atomic mass is 9.82. The zero-order valence-corrected chi connectivity index (χ0v) is 15.8. The number of carbonyl (C=O) groups is 1. The first-order chi connectivity index (χ1) is 12.5. The Morgan fingerprint density at radius 3 is 2.62 bits per heavy atom. The third kappa shape index (κ3) is 3.41. The zero-order valence-electron chi connectivity index (χ0n) is 14.2. The average molecular weight is 387 g/mol. The van der Waals surface area contributed by atoms with Gasteiger partial charge in [-0.15, -0.1) is 0 Å². The second-order valence-electron chi connectivity index (χ2n) is 6.81. The van der Waals surface area contributed by atoms with Crippen molar-refractivity contribution in [3.05, 3.63) is 59.1 Å². The van der Waals surface area contributed by atoms with E-state index in [1.54, 1.807) is 18.2 Å². The summed E-state index contributed by atoms with van der Waals surface area (Å²) in [5.74, 6) is 0.747. The van der Waals surface area contributed by atoms with Gasteiger partial charge in [0, 0.05) is 36.6 Å². The molecule has 1 fully saturated rings. The van der Waals surface area contributed by atoms with Crippen LogP contribution < -0.4 is 10.1 Å². The fourth-order valence-corrected chi connectivity index (χ4v) is 4.06. The highest BCUT2D eigenvalue weighted by Gasteiger charge is 2.43. The number of anilines is 1. The predicted octanol–water partition coefficient (Wildman–Crippen LogP) is 4.54. The number of para-hydroxylation sites is 1. The van der Waals surface area contributed by atoms with Gasteiger partial charge in [0.1, 0.15) is 11.4 Å². The second-order valence-corrected chi connectivity index (χ2v) is 7.63. The summed E-state index contributed by atoms with van der Waals surface area (Å²) in [6, 6.07) is 15.2. The van der Waals surface area contributed by atoms with E-state index in [2.05, 4.69) is 10.2 Å². The Bertz CT molecular complexity index is 848. The minimum absolute atomic E-state index is 0.104. The maximum absolute atomic E-state index is 12.6. The second kappa shape index (κ2) is 6.89. The van der Waals surface area contributed by atoms with E-state index in [9.17, 15) is 4.79 Å². The lowest BCUT2D eigenvalue weighted by Gasteiger charge is -2.44. The smallest absolute Gasteiger partial charge is 0.173 e. The van der Waals surface area contributed by atoms with Gasteiger partial charge in [-0.1, -0.05) is 29.8 Å². The first kappa shape index (κ1) is 17.3. The summed E-state index contributed by atoms with van der Waals surface area (Å²) in [5, 5.41) is 4.54. The largest absolute Gasteiger partial charge is 0.486 e. The van der Waals surface area contributed by atoms with E-state index in [-0.39, 0.29) is 5.78 Å². The number of benzene rings is 2. The Labute approximate surface area is 163 Å². The van der Waals surface area contributed by atoms with Gasteiger partial charge in [-0.25, -0.2) is 0 Å². The third-order valence-electron chi connectivity index (χ3n) is 5.04. The molecule has 4 nitrogen and oxygen atoms in total. The lowest BCUT2D eigenvalue weighted by molar-refractivity contribution is 0.00407. The first-order valence-corrected chi connectivity index (χ1v) is 9.46. The summed E-state index contributed by atoms with van der Waals surface area (Å²) in [6.45, 7) is 1.52. The number of likely N-dealkylation sites (tertiary alicyclic amines) is 1. The van der Waals surface area contributed by atoms with Crippen LogP contribution in [0.3, 0.4) is 0 Å². The molecule has 0 unspecified atom stereocenters. The number of fused-ring (bicyclic) bond motifs is 1. The summed E-state index contributed by atoms with van der Waals surface area (Å²) in [7, 11) is 0. The molecule has 0 saturated carbocycles. The molecule has 4 rings (SSSR count). The first-order valence-electron chi connectivity index (χ1n) is 8.67. The standard InChI is InChI=1S/C20H19ClN2O2S/c21-14-6-7-18-16(12-14)17(24)13-20(25-18)8-10-23(11-9-20)19(26)22-15-4-2-1-3-5-15/h1-7,12H,8-11,13H2,(H,22,26). The molecule has 1 saturated heterocycles. The number of thiocarbonyl (C=S) groups is 1. The third-order valence-corrected chi connectivity index (χ3v) is 5.63. The summed E-state index contributed by atoms with van der Waals surface area (Å²) in [5.41, 5.74) is 1.14. The van der Waals surface area contributed by atoms with Crippen LogP contribution in [0.25, 0.3) is 0 Å². The molecule has 0 atom stereocenters. The molecule has 26 heavy (non-hydrogen) atoms. The van der Waals surface area contributed by atoms with Crippen molar-refractivity contribution in [1.82, 2.24) is 4.90 Å². The SMILES string of the molecule is O=C1CC2(CCN(C(=S)Nc3ccccc3)CC2)Oc2ccc(Cl)cc21. The molecule has 2 aliphatic heterocycles. The average Bonchev–Trinajstić information content (AvgIpc) is 2.64. The molecule has 2 aromatic carbocycles. The topological polar surface area (TPSA) is 41.6 Å². The van der Waals surface area contributed by atoms with Crippen LogP contribution in [-0.2, 0) is 0 Å². The molecule has 0 radical (unpaired) electrons. The van der Waals surface area contributed by atoms with E-state index in [4.69, 9.17) is 28.6 Å². The summed E-state index contributed by atoms with van der Waals surface area (Å²) in [4.78, 5) is 14.7. The van der Waals surface area contributed by atoms with Gasteiger partial charge in [0.25, 0.3) is 0 Å². The van der Waals surface area contributed by atoms with E-state index in [0.717, 1.165) is 31.6 Å². The van der Waals surface area contributed by atoms with Crippen LogP contribution in [0.2, 0.25) is 5.02 Å². The normalized spacial score (nSPS) is 18.2. The molecular weight excluding hydrogens is 368 g/mol. The van der Waals surface area contributed by atoms with Crippen LogP contribution in [0, 0.1) is 0 Å². The van der Waals surface area contributed by atoms with Crippen molar-refractivity contribution in [3.8, 4) is 5.75 Å². The molecule has 2 aliphatic rings. The highest BCUT2D eigenvalue weighted by atomic mass is 35.5. The maximum Gasteiger partial charge on any atom is 0.173 e. The number of hydrogen-bond donors (Lipinski definition) is 1. The van der Waals surface area contributed by atoms with Crippen LogP contribution >= 0.6 is 23.8 Å². The zero-order chi connectivity index (χ0) is 18.1. The summed E-state index contributed by atoms with van der Waals surface area (Å²) >= 11 is 11.5. The molecule has 0 aliphatic carbocycles. The fourth-order valence-electron chi connectivity index (χ4n) is 3.59. The highest BCUT2D eigenvalue weighted by Crippen LogP contribution is 2.40. The number of halogens is 1. The fraction of sp³-hybridized carbons (Fsp3) is 0.300. The molecule has 2 heterocycles. The van der Waals surface area contributed by atoms with Gasteiger partial charge in [-0.3, -0.25) is 4.79 Å². The van der Waals surface area contributed by atoms with Crippen LogP contribution in [0.4, 0.5) is 5.69 Å². The Hall–Kier alpha value is -2.11.